The summed E-state index contributed by atoms with van der Waals surface area (Å²) in [6.07, 6.45) is 6.42. The number of hydrogen-bond acceptors (Lipinski definition) is 6. The molecule has 0 spiro atoms. The van der Waals surface area contributed by atoms with Crippen LogP contribution in [0.25, 0.3) is 0 Å². The summed E-state index contributed by atoms with van der Waals surface area (Å²) in [6, 6.07) is 22.8. The summed E-state index contributed by atoms with van der Waals surface area (Å²) in [5.41, 5.74) is 4.95. The molecule has 0 aromatic heterocycles. The Hall–Kier alpha value is -5.38. The van der Waals surface area contributed by atoms with Crippen molar-refractivity contribution in [2.45, 2.75) is 66.2 Å². The average Bonchev–Trinajstić information content (AvgIpc) is 3.17. The van der Waals surface area contributed by atoms with E-state index in [1.165, 1.54) is 0 Å². The zero-order valence-corrected chi connectivity index (χ0v) is 31.2. The van der Waals surface area contributed by atoms with Crippen LogP contribution in [0.2, 0.25) is 0 Å². The second-order valence-corrected chi connectivity index (χ2v) is 12.3. The summed E-state index contributed by atoms with van der Waals surface area (Å²) in [4.78, 5) is 58.6. The molecule has 0 N–H and O–H groups in total. The number of anilines is 4. The van der Waals surface area contributed by atoms with Crippen LogP contribution in [0.1, 0.15) is 64.5 Å². The number of ether oxygens (including phenoxy) is 2. The van der Waals surface area contributed by atoms with E-state index in [1.807, 2.05) is 100 Å². The summed E-state index contributed by atoms with van der Waals surface area (Å²) >= 11 is 0. The van der Waals surface area contributed by atoms with E-state index in [1.54, 1.807) is 19.6 Å². The molecule has 0 radical (unpaired) electrons. The van der Waals surface area contributed by atoms with Crippen molar-refractivity contribution in [2.24, 2.45) is 0 Å². The maximum absolute atomic E-state index is 14.3. The molecule has 0 aliphatic rings. The molecular formula is C42H54N4O6. The summed E-state index contributed by atoms with van der Waals surface area (Å²) in [7, 11) is 0. The molecule has 0 saturated heterocycles. The van der Waals surface area contributed by atoms with E-state index in [2.05, 4.69) is 13.2 Å². The van der Waals surface area contributed by atoms with Crippen LogP contribution in [0.15, 0.2) is 98.1 Å². The minimum absolute atomic E-state index is 0.145. The first-order valence-electron chi connectivity index (χ1n) is 18.2. The van der Waals surface area contributed by atoms with Gasteiger partial charge in [-0.1, -0.05) is 71.2 Å². The number of carbonyl (C=O) groups is 4. The Morgan fingerprint density at radius 3 is 1.15 bits per heavy atom. The molecule has 4 amide bonds. The minimum atomic E-state index is -0.454. The fraction of sp³-hybridized carbons (Fsp3) is 0.381. The van der Waals surface area contributed by atoms with Gasteiger partial charge in [-0.2, -0.15) is 0 Å². The molecule has 0 saturated carbocycles. The van der Waals surface area contributed by atoms with Gasteiger partial charge in [0.2, 0.25) is 0 Å². The highest BCUT2D eigenvalue weighted by atomic mass is 16.5. The standard InChI is InChI=1S/C42H54N4O6/c1-7-26-43(35-20-16-33(17-21-35)24-30-51-39(47)11-5)41(49)45(28-9-3)37-14-13-15-38(32-37)46(29-10-4)42(50)44(27-8-2)36-22-18-34(19-23-36)25-31-52-40(48)12-6/h11-23,32H,5-10,24-31H2,1-4H3. The molecule has 0 bridgehead atoms. The highest BCUT2D eigenvalue weighted by Crippen LogP contribution is 2.28. The van der Waals surface area contributed by atoms with E-state index in [4.69, 9.17) is 9.47 Å². The highest BCUT2D eigenvalue weighted by molar-refractivity contribution is 6.06. The molecule has 278 valence electrons. The molecule has 0 heterocycles. The third kappa shape index (κ3) is 11.9. The van der Waals surface area contributed by atoms with Crippen LogP contribution in [0.4, 0.5) is 32.3 Å². The van der Waals surface area contributed by atoms with Gasteiger partial charge in [0.1, 0.15) is 0 Å². The topological polar surface area (TPSA) is 99.7 Å². The predicted molar refractivity (Wildman–Crippen MR) is 210 cm³/mol. The molecule has 10 heteroatoms. The summed E-state index contributed by atoms with van der Waals surface area (Å²) < 4.78 is 10.2. The molecule has 0 unspecified atom stereocenters. The van der Waals surface area contributed by atoms with E-state index >= 15 is 0 Å². The SMILES string of the molecule is C=CC(=O)OCCc1ccc(N(CCC)C(=O)N(CCC)c2cccc(N(CCC)C(=O)N(CCC)c3ccc(CCOC(=O)C=C)cc3)c2)cc1. The van der Waals surface area contributed by atoms with Crippen molar-refractivity contribution in [3.05, 3.63) is 109 Å². The van der Waals surface area contributed by atoms with Crippen LogP contribution < -0.4 is 19.6 Å². The number of amides is 4. The molecule has 0 fully saturated rings. The molecule has 3 rings (SSSR count). The summed E-state index contributed by atoms with van der Waals surface area (Å²) in [5, 5.41) is 0. The van der Waals surface area contributed by atoms with E-state index in [0.29, 0.717) is 50.4 Å². The molecule has 3 aromatic carbocycles. The summed E-state index contributed by atoms with van der Waals surface area (Å²) in [5.74, 6) is -0.907. The van der Waals surface area contributed by atoms with Crippen molar-refractivity contribution in [1.82, 2.24) is 0 Å². The van der Waals surface area contributed by atoms with Gasteiger partial charge in [-0.05, 0) is 79.3 Å². The number of urea groups is 2. The zero-order valence-electron chi connectivity index (χ0n) is 31.2. The first kappa shape index (κ1) is 41.0. The number of nitrogens with zero attached hydrogens (tertiary/aromatic N) is 4. The first-order valence-corrected chi connectivity index (χ1v) is 18.2. The number of benzene rings is 3. The number of rotatable bonds is 20. The third-order valence-electron chi connectivity index (χ3n) is 8.27. The smallest absolute Gasteiger partial charge is 0.330 e. The third-order valence-corrected chi connectivity index (χ3v) is 8.27. The second-order valence-electron chi connectivity index (χ2n) is 12.3. The Bertz CT molecular complexity index is 1510. The largest absolute Gasteiger partial charge is 0.462 e. The van der Waals surface area contributed by atoms with E-state index in [0.717, 1.165) is 60.3 Å². The molecule has 52 heavy (non-hydrogen) atoms. The van der Waals surface area contributed by atoms with Gasteiger partial charge >= 0.3 is 24.0 Å². The van der Waals surface area contributed by atoms with Crippen LogP contribution in [-0.2, 0) is 31.9 Å². The Balaban J connectivity index is 1.87. The molecule has 0 aliphatic carbocycles. The molecule has 10 nitrogen and oxygen atoms in total. The number of hydrogen-bond donors (Lipinski definition) is 0. The van der Waals surface area contributed by atoms with Crippen LogP contribution in [0, 0.1) is 0 Å². The van der Waals surface area contributed by atoms with E-state index < -0.39 is 11.9 Å². The van der Waals surface area contributed by atoms with Crippen molar-refractivity contribution in [2.75, 3.05) is 59.0 Å². The van der Waals surface area contributed by atoms with Crippen LogP contribution in [-0.4, -0.2) is 63.4 Å². The van der Waals surface area contributed by atoms with E-state index in [9.17, 15) is 19.2 Å². The zero-order chi connectivity index (χ0) is 37.9. The lowest BCUT2D eigenvalue weighted by molar-refractivity contribution is -0.138. The molecule has 0 aliphatic heterocycles. The second kappa shape index (κ2) is 21.8. The maximum atomic E-state index is 14.3. The Labute approximate surface area is 309 Å². The van der Waals surface area contributed by atoms with Crippen molar-refractivity contribution in [1.29, 1.82) is 0 Å². The minimum Gasteiger partial charge on any atom is -0.462 e. The normalized spacial score (nSPS) is 10.5. The van der Waals surface area contributed by atoms with Gasteiger partial charge < -0.3 is 9.47 Å². The lowest BCUT2D eigenvalue weighted by Crippen LogP contribution is -2.45. The molecule has 0 atom stereocenters. The fourth-order valence-electron chi connectivity index (χ4n) is 5.70. The number of carbonyl (C=O) groups excluding carboxylic acids is 4. The Morgan fingerprint density at radius 1 is 0.519 bits per heavy atom. The van der Waals surface area contributed by atoms with Crippen LogP contribution >= 0.6 is 0 Å². The monoisotopic (exact) mass is 710 g/mol. The summed E-state index contributed by atoms with van der Waals surface area (Å²) in [6.45, 7) is 17.6. The van der Waals surface area contributed by atoms with Gasteiger partial charge in [-0.3, -0.25) is 19.6 Å². The quantitative estimate of drug-likeness (QED) is 0.0859. The molecular weight excluding hydrogens is 656 g/mol. The lowest BCUT2D eigenvalue weighted by Gasteiger charge is -2.33. The van der Waals surface area contributed by atoms with Gasteiger partial charge in [0, 0.05) is 73.9 Å². The molecule has 3 aromatic rings. The number of esters is 2. The Morgan fingerprint density at radius 2 is 0.846 bits per heavy atom. The van der Waals surface area contributed by atoms with Gasteiger partial charge in [0.05, 0.1) is 13.2 Å². The first-order chi connectivity index (χ1) is 25.2. The van der Waals surface area contributed by atoms with Crippen molar-refractivity contribution in [3.63, 3.8) is 0 Å². The van der Waals surface area contributed by atoms with Gasteiger partial charge in [0.15, 0.2) is 0 Å². The van der Waals surface area contributed by atoms with Gasteiger partial charge in [-0.25, -0.2) is 19.2 Å². The lowest BCUT2D eigenvalue weighted by atomic mass is 10.1. The maximum Gasteiger partial charge on any atom is 0.330 e. The van der Waals surface area contributed by atoms with E-state index in [-0.39, 0.29) is 25.3 Å². The van der Waals surface area contributed by atoms with Crippen molar-refractivity contribution in [3.8, 4) is 0 Å². The predicted octanol–water partition coefficient (Wildman–Crippen LogP) is 8.74. The van der Waals surface area contributed by atoms with Gasteiger partial charge in [0.25, 0.3) is 0 Å². The van der Waals surface area contributed by atoms with Crippen LogP contribution in [0.3, 0.4) is 0 Å². The highest BCUT2D eigenvalue weighted by Gasteiger charge is 2.26. The van der Waals surface area contributed by atoms with Crippen LogP contribution in [0.5, 0.6) is 0 Å². The fourth-order valence-corrected chi connectivity index (χ4v) is 5.70. The van der Waals surface area contributed by atoms with Crippen molar-refractivity contribution >= 4 is 46.8 Å². The van der Waals surface area contributed by atoms with Gasteiger partial charge in [-0.15, -0.1) is 0 Å². The Kier molecular flexibility index (Phi) is 17.2. The van der Waals surface area contributed by atoms with Crippen molar-refractivity contribution < 1.29 is 28.7 Å². The average molecular weight is 711 g/mol.